The van der Waals surface area contributed by atoms with Crippen molar-refractivity contribution in [3.8, 4) is 0 Å². The Balaban J connectivity index is 2.08. The molecule has 0 aliphatic heterocycles. The number of hydrogen-bond acceptors (Lipinski definition) is 5. The van der Waals surface area contributed by atoms with Crippen molar-refractivity contribution in [3.63, 3.8) is 0 Å². The molecule has 92 valence electrons. The van der Waals surface area contributed by atoms with Crippen molar-refractivity contribution in [1.29, 1.82) is 0 Å². The molecule has 2 N–H and O–H groups in total. The molecule has 0 radical (unpaired) electrons. The third-order valence-corrected chi connectivity index (χ3v) is 2.95. The van der Waals surface area contributed by atoms with E-state index >= 15 is 0 Å². The molecule has 1 fully saturated rings. The van der Waals surface area contributed by atoms with Crippen LogP contribution in [0, 0.1) is 23.0 Å². The first-order chi connectivity index (χ1) is 8.09. The van der Waals surface area contributed by atoms with Crippen LogP contribution < -0.4 is 5.32 Å². The first kappa shape index (κ1) is 11.8. The van der Waals surface area contributed by atoms with Gasteiger partial charge in [0, 0.05) is 18.3 Å². The lowest BCUT2D eigenvalue weighted by atomic mass is 10.2. The Bertz CT molecular complexity index is 432. The van der Waals surface area contributed by atoms with Gasteiger partial charge in [0.05, 0.1) is 11.0 Å². The zero-order valence-corrected chi connectivity index (χ0v) is 9.59. The van der Waals surface area contributed by atoms with Crippen LogP contribution in [0.4, 0.5) is 11.5 Å². The molecule has 1 aliphatic rings. The number of aliphatic hydroxyl groups is 1. The highest BCUT2D eigenvalue weighted by Gasteiger charge is 2.30. The molecule has 1 aromatic rings. The molecule has 0 saturated heterocycles. The minimum Gasteiger partial charge on any atom is -0.391 e. The van der Waals surface area contributed by atoms with Gasteiger partial charge in [-0.05, 0) is 31.7 Å². The van der Waals surface area contributed by atoms with E-state index in [0.717, 1.165) is 12.8 Å². The van der Waals surface area contributed by atoms with Gasteiger partial charge in [0.15, 0.2) is 0 Å². The van der Waals surface area contributed by atoms with Gasteiger partial charge in [-0.3, -0.25) is 10.1 Å². The van der Waals surface area contributed by atoms with Crippen LogP contribution in [0.2, 0.25) is 0 Å². The highest BCUT2D eigenvalue weighted by atomic mass is 16.6. The van der Waals surface area contributed by atoms with E-state index in [9.17, 15) is 15.2 Å². The van der Waals surface area contributed by atoms with Crippen molar-refractivity contribution >= 4 is 11.5 Å². The molecule has 0 aromatic carbocycles. The Morgan fingerprint density at radius 2 is 2.41 bits per heavy atom. The van der Waals surface area contributed by atoms with E-state index in [0.29, 0.717) is 18.0 Å². The van der Waals surface area contributed by atoms with Gasteiger partial charge in [-0.2, -0.15) is 0 Å². The highest BCUT2D eigenvalue weighted by molar-refractivity contribution is 5.59. The van der Waals surface area contributed by atoms with Crippen LogP contribution in [-0.4, -0.2) is 27.7 Å². The molecule has 0 amide bonds. The summed E-state index contributed by atoms with van der Waals surface area (Å²) in [6, 6.07) is 1.60. The Morgan fingerprint density at radius 3 is 3.00 bits per heavy atom. The van der Waals surface area contributed by atoms with Gasteiger partial charge in [0.25, 0.3) is 0 Å². The van der Waals surface area contributed by atoms with Crippen LogP contribution in [0.1, 0.15) is 18.4 Å². The Morgan fingerprint density at radius 1 is 1.71 bits per heavy atom. The number of anilines is 1. The summed E-state index contributed by atoms with van der Waals surface area (Å²) in [5.41, 5.74) is 0.545. The summed E-state index contributed by atoms with van der Waals surface area (Å²) < 4.78 is 0. The summed E-state index contributed by atoms with van der Waals surface area (Å²) in [4.78, 5) is 14.4. The van der Waals surface area contributed by atoms with E-state index in [2.05, 4.69) is 10.3 Å². The molecule has 0 bridgehead atoms. The summed E-state index contributed by atoms with van der Waals surface area (Å²) >= 11 is 0. The SMILES string of the molecule is Cc1ccnc(NCC(O)C2CC2)c1[N+](=O)[O-]. The number of rotatable bonds is 5. The van der Waals surface area contributed by atoms with Gasteiger partial charge in [0.1, 0.15) is 0 Å². The maximum absolute atomic E-state index is 10.9. The molecular weight excluding hydrogens is 222 g/mol. The highest BCUT2D eigenvalue weighted by Crippen LogP contribution is 2.33. The second kappa shape index (κ2) is 4.67. The van der Waals surface area contributed by atoms with Crippen LogP contribution in [-0.2, 0) is 0 Å². The van der Waals surface area contributed by atoms with E-state index in [1.807, 2.05) is 0 Å². The zero-order valence-electron chi connectivity index (χ0n) is 9.59. The van der Waals surface area contributed by atoms with Crippen molar-refractivity contribution in [1.82, 2.24) is 4.98 Å². The smallest absolute Gasteiger partial charge is 0.314 e. The van der Waals surface area contributed by atoms with E-state index in [-0.39, 0.29) is 11.5 Å². The quantitative estimate of drug-likeness (QED) is 0.598. The first-order valence-electron chi connectivity index (χ1n) is 5.61. The van der Waals surface area contributed by atoms with Gasteiger partial charge >= 0.3 is 5.69 Å². The molecular formula is C11H15N3O3. The van der Waals surface area contributed by atoms with Crippen molar-refractivity contribution in [2.45, 2.75) is 25.9 Å². The molecule has 6 heteroatoms. The van der Waals surface area contributed by atoms with E-state index in [1.165, 1.54) is 6.20 Å². The monoisotopic (exact) mass is 237 g/mol. The molecule has 17 heavy (non-hydrogen) atoms. The predicted molar refractivity (Wildman–Crippen MR) is 62.8 cm³/mol. The minimum absolute atomic E-state index is 0.0181. The van der Waals surface area contributed by atoms with Crippen LogP contribution in [0.25, 0.3) is 0 Å². The molecule has 1 heterocycles. The second-order valence-corrected chi connectivity index (χ2v) is 4.37. The number of nitrogens with one attached hydrogen (secondary N) is 1. The lowest BCUT2D eigenvalue weighted by molar-refractivity contribution is -0.384. The Kier molecular flexibility index (Phi) is 3.23. The number of hydrogen-bond donors (Lipinski definition) is 2. The molecule has 0 spiro atoms. The average molecular weight is 237 g/mol. The van der Waals surface area contributed by atoms with E-state index in [4.69, 9.17) is 0 Å². The predicted octanol–water partition coefficient (Wildman–Crippen LogP) is 1.48. The molecule has 2 rings (SSSR count). The molecule has 1 aliphatic carbocycles. The number of aliphatic hydroxyl groups excluding tert-OH is 1. The summed E-state index contributed by atoms with van der Waals surface area (Å²) in [5, 5.41) is 23.4. The normalized spacial score (nSPS) is 16.6. The third-order valence-electron chi connectivity index (χ3n) is 2.95. The molecule has 1 unspecified atom stereocenters. The van der Waals surface area contributed by atoms with Crippen LogP contribution in [0.5, 0.6) is 0 Å². The van der Waals surface area contributed by atoms with Crippen molar-refractivity contribution in [2.24, 2.45) is 5.92 Å². The van der Waals surface area contributed by atoms with Gasteiger partial charge in [-0.25, -0.2) is 4.98 Å². The van der Waals surface area contributed by atoms with Crippen LogP contribution in [0.15, 0.2) is 12.3 Å². The maximum Gasteiger partial charge on any atom is 0.314 e. The summed E-state index contributed by atoms with van der Waals surface area (Å²) in [7, 11) is 0. The summed E-state index contributed by atoms with van der Waals surface area (Å²) in [5.74, 6) is 0.570. The Hall–Kier alpha value is -1.69. The van der Waals surface area contributed by atoms with Gasteiger partial charge in [0.2, 0.25) is 5.82 Å². The number of aryl methyl sites for hydroxylation is 1. The van der Waals surface area contributed by atoms with Crippen LogP contribution in [0.3, 0.4) is 0 Å². The molecule has 6 nitrogen and oxygen atoms in total. The molecule has 1 aromatic heterocycles. The second-order valence-electron chi connectivity index (χ2n) is 4.37. The molecule has 1 atom stereocenters. The Labute approximate surface area is 98.8 Å². The van der Waals surface area contributed by atoms with Gasteiger partial charge in [-0.1, -0.05) is 0 Å². The largest absolute Gasteiger partial charge is 0.391 e. The lowest BCUT2D eigenvalue weighted by Crippen LogP contribution is -2.22. The van der Waals surface area contributed by atoms with Gasteiger partial charge in [-0.15, -0.1) is 0 Å². The average Bonchev–Trinajstić information content (AvgIpc) is 3.08. The lowest BCUT2D eigenvalue weighted by Gasteiger charge is -2.11. The first-order valence-corrected chi connectivity index (χ1v) is 5.61. The van der Waals surface area contributed by atoms with E-state index in [1.54, 1.807) is 13.0 Å². The summed E-state index contributed by atoms with van der Waals surface area (Å²) in [6.07, 6.45) is 3.14. The van der Waals surface area contributed by atoms with Gasteiger partial charge < -0.3 is 10.4 Å². The number of pyridine rings is 1. The zero-order chi connectivity index (χ0) is 12.4. The fourth-order valence-corrected chi connectivity index (χ4v) is 1.76. The van der Waals surface area contributed by atoms with Crippen molar-refractivity contribution in [2.75, 3.05) is 11.9 Å². The van der Waals surface area contributed by atoms with E-state index < -0.39 is 11.0 Å². The number of nitro groups is 1. The molecule has 1 saturated carbocycles. The number of nitrogens with zero attached hydrogens (tertiary/aromatic N) is 2. The summed E-state index contributed by atoms with van der Waals surface area (Å²) in [6.45, 7) is 1.98. The number of aromatic nitrogens is 1. The standard InChI is InChI=1S/C11H15N3O3/c1-7-4-5-12-11(10(7)14(16)17)13-6-9(15)8-2-3-8/h4-5,8-9,15H,2-3,6H2,1H3,(H,12,13). The fourth-order valence-electron chi connectivity index (χ4n) is 1.76. The van der Waals surface area contributed by atoms with Crippen molar-refractivity contribution in [3.05, 3.63) is 27.9 Å². The maximum atomic E-state index is 10.9. The minimum atomic E-state index is -0.450. The topological polar surface area (TPSA) is 88.3 Å². The van der Waals surface area contributed by atoms with Crippen molar-refractivity contribution < 1.29 is 10.0 Å². The van der Waals surface area contributed by atoms with Crippen LogP contribution >= 0.6 is 0 Å². The fraction of sp³-hybridized carbons (Fsp3) is 0.545. The third kappa shape index (κ3) is 2.71.